The third kappa shape index (κ3) is 3.79. The van der Waals surface area contributed by atoms with E-state index in [1.807, 2.05) is 23.1 Å². The molecule has 1 saturated heterocycles. The number of piperazine rings is 1. The first kappa shape index (κ1) is 16.0. The molecule has 4 rings (SSSR count). The highest BCUT2D eigenvalue weighted by molar-refractivity contribution is 5.82. The van der Waals surface area contributed by atoms with Crippen LogP contribution in [0.4, 0.5) is 0 Å². The molecular formula is C19H23N5O. The number of nitrogens with zero attached hydrogens (tertiary/aromatic N) is 4. The predicted molar refractivity (Wildman–Crippen MR) is 95.7 cm³/mol. The molecule has 130 valence electrons. The number of nitrogens with one attached hydrogen (secondary N) is 1. The van der Waals surface area contributed by atoms with E-state index in [1.54, 1.807) is 0 Å². The fourth-order valence-corrected chi connectivity index (χ4v) is 3.45. The summed E-state index contributed by atoms with van der Waals surface area (Å²) in [4.78, 5) is 21.2. The topological polar surface area (TPSA) is 65.1 Å². The van der Waals surface area contributed by atoms with Gasteiger partial charge in [-0.15, -0.1) is 0 Å². The third-order valence-corrected chi connectivity index (χ3v) is 5.05. The molecule has 25 heavy (non-hydrogen) atoms. The van der Waals surface area contributed by atoms with Crippen LogP contribution in [0.1, 0.15) is 23.7 Å². The summed E-state index contributed by atoms with van der Waals surface area (Å²) in [7, 11) is 0. The van der Waals surface area contributed by atoms with Crippen LogP contribution >= 0.6 is 0 Å². The van der Waals surface area contributed by atoms with Crippen molar-refractivity contribution < 1.29 is 4.79 Å². The quantitative estimate of drug-likeness (QED) is 0.903. The van der Waals surface area contributed by atoms with E-state index in [0.29, 0.717) is 0 Å². The molecule has 1 aromatic carbocycles. The molecule has 2 unspecified atom stereocenters. The van der Waals surface area contributed by atoms with E-state index in [0.717, 1.165) is 45.0 Å². The van der Waals surface area contributed by atoms with E-state index in [4.69, 9.17) is 0 Å². The number of aromatic amines is 1. The molecule has 6 heteroatoms. The first-order valence-corrected chi connectivity index (χ1v) is 8.89. The highest BCUT2D eigenvalue weighted by Crippen LogP contribution is 2.46. The molecule has 0 spiro atoms. The van der Waals surface area contributed by atoms with Crippen LogP contribution in [0.3, 0.4) is 0 Å². The molecular weight excluding hydrogens is 314 g/mol. The van der Waals surface area contributed by atoms with Crippen molar-refractivity contribution in [2.24, 2.45) is 5.92 Å². The lowest BCUT2D eigenvalue weighted by Crippen LogP contribution is -2.49. The van der Waals surface area contributed by atoms with E-state index in [9.17, 15) is 4.79 Å². The summed E-state index contributed by atoms with van der Waals surface area (Å²) in [5, 5.41) is 6.76. The molecule has 2 atom stereocenters. The van der Waals surface area contributed by atoms with Gasteiger partial charge in [0.1, 0.15) is 12.2 Å². The summed E-state index contributed by atoms with van der Waals surface area (Å²) >= 11 is 0. The molecule has 1 aliphatic carbocycles. The average molecular weight is 337 g/mol. The molecule has 1 N–H and O–H groups in total. The summed E-state index contributed by atoms with van der Waals surface area (Å²) in [6.07, 6.45) is 6.77. The number of carbonyl (C=O) groups is 1. The molecule has 0 bridgehead atoms. The van der Waals surface area contributed by atoms with Gasteiger partial charge < -0.3 is 4.90 Å². The Labute approximate surface area is 147 Å². The zero-order chi connectivity index (χ0) is 17.1. The van der Waals surface area contributed by atoms with Crippen LogP contribution in [0, 0.1) is 5.92 Å². The summed E-state index contributed by atoms with van der Waals surface area (Å²) in [5.41, 5.74) is 1.23. The number of hydrogen-bond donors (Lipinski definition) is 1. The Morgan fingerprint density at radius 3 is 2.72 bits per heavy atom. The number of aromatic nitrogens is 3. The van der Waals surface area contributed by atoms with Crippen LogP contribution in [0.5, 0.6) is 0 Å². The Morgan fingerprint density at radius 1 is 1.20 bits per heavy atom. The molecule has 2 heterocycles. The SMILES string of the molecule is O=C(C1CC1c1ncn[nH]1)N1CCN(C/C=C/c2ccccc2)CC1. The zero-order valence-corrected chi connectivity index (χ0v) is 14.2. The van der Waals surface area contributed by atoms with Gasteiger partial charge in [-0.25, -0.2) is 4.98 Å². The minimum absolute atomic E-state index is 0.0949. The average Bonchev–Trinajstić information content (AvgIpc) is 3.27. The number of benzene rings is 1. The number of hydrogen-bond acceptors (Lipinski definition) is 4. The summed E-state index contributed by atoms with van der Waals surface area (Å²) < 4.78 is 0. The van der Waals surface area contributed by atoms with Crippen molar-refractivity contribution in [2.45, 2.75) is 12.3 Å². The maximum absolute atomic E-state index is 12.6. The second kappa shape index (κ2) is 7.19. The van der Waals surface area contributed by atoms with Gasteiger partial charge in [-0.2, -0.15) is 5.10 Å². The van der Waals surface area contributed by atoms with Crippen LogP contribution < -0.4 is 0 Å². The molecule has 2 fully saturated rings. The van der Waals surface area contributed by atoms with Crippen molar-refractivity contribution in [3.8, 4) is 0 Å². The lowest BCUT2D eigenvalue weighted by atomic mass is 10.2. The fraction of sp³-hybridized carbons (Fsp3) is 0.421. The molecule has 6 nitrogen and oxygen atoms in total. The van der Waals surface area contributed by atoms with Crippen molar-refractivity contribution in [2.75, 3.05) is 32.7 Å². The van der Waals surface area contributed by atoms with E-state index < -0.39 is 0 Å². The Bertz CT molecular complexity index is 720. The Hall–Kier alpha value is -2.47. The van der Waals surface area contributed by atoms with Crippen LogP contribution in [-0.2, 0) is 4.79 Å². The number of rotatable bonds is 5. The van der Waals surface area contributed by atoms with Gasteiger partial charge in [0.15, 0.2) is 0 Å². The number of carbonyl (C=O) groups excluding carboxylic acids is 1. The fourth-order valence-electron chi connectivity index (χ4n) is 3.45. The summed E-state index contributed by atoms with van der Waals surface area (Å²) in [5.74, 6) is 1.46. The van der Waals surface area contributed by atoms with Crippen molar-refractivity contribution >= 4 is 12.0 Å². The van der Waals surface area contributed by atoms with Crippen molar-refractivity contribution in [1.82, 2.24) is 25.0 Å². The first-order valence-electron chi connectivity index (χ1n) is 8.89. The van der Waals surface area contributed by atoms with Gasteiger partial charge in [0.2, 0.25) is 5.91 Å². The van der Waals surface area contributed by atoms with Crippen LogP contribution in [0.2, 0.25) is 0 Å². The van der Waals surface area contributed by atoms with E-state index in [2.05, 4.69) is 44.4 Å². The molecule has 2 aromatic rings. The molecule has 1 amide bonds. The van der Waals surface area contributed by atoms with Crippen LogP contribution in [-0.4, -0.2) is 63.6 Å². The number of H-pyrrole nitrogens is 1. The molecule has 1 aliphatic heterocycles. The lowest BCUT2D eigenvalue weighted by Gasteiger charge is -2.34. The van der Waals surface area contributed by atoms with Gasteiger partial charge in [0, 0.05) is 44.6 Å². The maximum atomic E-state index is 12.6. The second-order valence-electron chi connectivity index (χ2n) is 6.76. The highest BCUT2D eigenvalue weighted by Gasteiger charge is 2.47. The number of amides is 1. The first-order chi connectivity index (χ1) is 12.3. The van der Waals surface area contributed by atoms with Crippen molar-refractivity contribution in [3.05, 3.63) is 54.1 Å². The zero-order valence-electron chi connectivity index (χ0n) is 14.2. The summed E-state index contributed by atoms with van der Waals surface area (Å²) in [6.45, 7) is 4.44. The minimum Gasteiger partial charge on any atom is -0.340 e. The van der Waals surface area contributed by atoms with E-state index >= 15 is 0 Å². The Morgan fingerprint density at radius 2 is 2.00 bits per heavy atom. The van der Waals surface area contributed by atoms with Gasteiger partial charge in [-0.1, -0.05) is 42.5 Å². The van der Waals surface area contributed by atoms with Crippen molar-refractivity contribution in [3.63, 3.8) is 0 Å². The van der Waals surface area contributed by atoms with Gasteiger partial charge >= 0.3 is 0 Å². The predicted octanol–water partition coefficient (Wildman–Crippen LogP) is 1.77. The maximum Gasteiger partial charge on any atom is 0.226 e. The normalized spacial score (nSPS) is 23.9. The molecule has 2 aliphatic rings. The highest BCUT2D eigenvalue weighted by atomic mass is 16.2. The van der Waals surface area contributed by atoms with Gasteiger partial charge in [0.05, 0.1) is 0 Å². The van der Waals surface area contributed by atoms with Crippen LogP contribution in [0.25, 0.3) is 6.08 Å². The lowest BCUT2D eigenvalue weighted by molar-refractivity contribution is -0.134. The second-order valence-corrected chi connectivity index (χ2v) is 6.76. The van der Waals surface area contributed by atoms with Crippen molar-refractivity contribution in [1.29, 1.82) is 0 Å². The third-order valence-electron chi connectivity index (χ3n) is 5.05. The molecule has 1 aromatic heterocycles. The molecule has 0 radical (unpaired) electrons. The van der Waals surface area contributed by atoms with E-state index in [-0.39, 0.29) is 17.7 Å². The van der Waals surface area contributed by atoms with Gasteiger partial charge in [-0.05, 0) is 12.0 Å². The molecule has 1 saturated carbocycles. The largest absolute Gasteiger partial charge is 0.340 e. The minimum atomic E-state index is 0.0949. The summed E-state index contributed by atoms with van der Waals surface area (Å²) in [6, 6.07) is 10.3. The smallest absolute Gasteiger partial charge is 0.226 e. The Balaban J connectivity index is 1.22. The van der Waals surface area contributed by atoms with Crippen LogP contribution in [0.15, 0.2) is 42.7 Å². The van der Waals surface area contributed by atoms with Gasteiger partial charge in [0.25, 0.3) is 0 Å². The monoisotopic (exact) mass is 337 g/mol. The van der Waals surface area contributed by atoms with E-state index in [1.165, 1.54) is 11.9 Å². The Kier molecular flexibility index (Phi) is 4.61. The van der Waals surface area contributed by atoms with Gasteiger partial charge in [-0.3, -0.25) is 14.8 Å². The standard InChI is InChI=1S/C19H23N5O/c25-19(17-13-16(17)18-20-14-21-22-18)24-11-9-23(10-12-24)8-4-7-15-5-2-1-3-6-15/h1-7,14,16-17H,8-13H2,(H,20,21,22)/b7-4+.